The van der Waals surface area contributed by atoms with Gasteiger partial charge in [-0.1, -0.05) is 0 Å². The molecule has 0 bridgehead atoms. The zero-order chi connectivity index (χ0) is 22.5. The molecule has 5 aliphatic rings. The molecule has 3 atom stereocenters. The smallest absolute Gasteiger partial charge is 0.255 e. The third kappa shape index (κ3) is 4.39. The molecule has 3 amide bonds. The number of ether oxygens (including phenoxy) is 1. The standard InChI is InChI=1S/C26H33N3O4/c30-24-11-10-22(25(31)27-24)29-15-18-12-19(8-9-20(18)26(29)32)33-23-3-1-2-21(23)28(13-16-4-5-16)14-17-6-7-17/h8-9,12,16-17,21-23H,1-7,10-11,13-15H2,(H,27,30,31)/t21-,22?,23-/m0/s1. The fraction of sp³-hybridized carbons (Fsp3) is 0.654. The van der Waals surface area contributed by atoms with Gasteiger partial charge in [0.2, 0.25) is 11.8 Å². The minimum absolute atomic E-state index is 0.134. The summed E-state index contributed by atoms with van der Waals surface area (Å²) in [7, 11) is 0. The molecule has 1 unspecified atom stereocenters. The van der Waals surface area contributed by atoms with Gasteiger partial charge in [-0.25, -0.2) is 0 Å². The van der Waals surface area contributed by atoms with Crippen LogP contribution in [0.15, 0.2) is 18.2 Å². The number of fused-ring (bicyclic) bond motifs is 1. The van der Waals surface area contributed by atoms with Crippen LogP contribution in [0.25, 0.3) is 0 Å². The average Bonchev–Trinajstić information content (AvgIpc) is 3.71. The SMILES string of the molecule is O=C1CCC(N2Cc3cc(O[C@H]4CCC[C@@H]4N(CC4CC4)CC4CC4)ccc3C2=O)C(=O)N1. The van der Waals surface area contributed by atoms with E-state index in [0.29, 0.717) is 24.6 Å². The fourth-order valence-electron chi connectivity index (χ4n) is 5.87. The van der Waals surface area contributed by atoms with E-state index in [1.165, 1.54) is 51.6 Å². The highest BCUT2D eigenvalue weighted by Crippen LogP contribution is 2.38. The maximum absolute atomic E-state index is 13.0. The van der Waals surface area contributed by atoms with Gasteiger partial charge in [0, 0.05) is 37.7 Å². The summed E-state index contributed by atoms with van der Waals surface area (Å²) >= 11 is 0. The molecule has 7 nitrogen and oxygen atoms in total. The van der Waals surface area contributed by atoms with Gasteiger partial charge in [-0.3, -0.25) is 24.6 Å². The predicted molar refractivity (Wildman–Crippen MR) is 122 cm³/mol. The summed E-state index contributed by atoms with van der Waals surface area (Å²) in [6.07, 6.45) is 9.85. The molecule has 1 saturated heterocycles. The normalized spacial score (nSPS) is 29.5. The van der Waals surface area contributed by atoms with Gasteiger partial charge in [0.25, 0.3) is 5.91 Å². The second-order valence-electron chi connectivity index (χ2n) is 10.7. The van der Waals surface area contributed by atoms with Crippen LogP contribution < -0.4 is 10.1 Å². The first-order valence-corrected chi connectivity index (χ1v) is 12.7. The van der Waals surface area contributed by atoms with E-state index in [4.69, 9.17) is 4.74 Å². The Morgan fingerprint density at radius 2 is 1.73 bits per heavy atom. The van der Waals surface area contributed by atoms with E-state index in [-0.39, 0.29) is 30.2 Å². The van der Waals surface area contributed by atoms with Crippen LogP contribution >= 0.6 is 0 Å². The number of rotatable bonds is 8. The van der Waals surface area contributed by atoms with E-state index in [1.54, 1.807) is 4.90 Å². The van der Waals surface area contributed by atoms with Crippen molar-refractivity contribution in [3.8, 4) is 5.75 Å². The summed E-state index contributed by atoms with van der Waals surface area (Å²) in [6.45, 7) is 2.84. The zero-order valence-corrected chi connectivity index (χ0v) is 19.1. The molecule has 2 heterocycles. The molecular formula is C26H33N3O4. The van der Waals surface area contributed by atoms with Crippen molar-refractivity contribution in [3.63, 3.8) is 0 Å². The second-order valence-corrected chi connectivity index (χ2v) is 10.7. The topological polar surface area (TPSA) is 79.0 Å². The van der Waals surface area contributed by atoms with E-state index in [1.807, 2.05) is 18.2 Å². The molecule has 176 valence electrons. The Morgan fingerprint density at radius 3 is 2.42 bits per heavy atom. The van der Waals surface area contributed by atoms with Crippen LogP contribution in [0.5, 0.6) is 5.75 Å². The molecule has 0 spiro atoms. The Balaban J connectivity index is 1.14. The molecule has 3 saturated carbocycles. The molecule has 2 aliphatic heterocycles. The molecule has 1 N–H and O–H groups in total. The predicted octanol–water partition coefficient (Wildman–Crippen LogP) is 2.87. The van der Waals surface area contributed by atoms with Crippen LogP contribution in [0, 0.1) is 11.8 Å². The van der Waals surface area contributed by atoms with Crippen molar-refractivity contribution in [1.82, 2.24) is 15.1 Å². The van der Waals surface area contributed by atoms with Gasteiger partial charge < -0.3 is 9.64 Å². The lowest BCUT2D eigenvalue weighted by Gasteiger charge is -2.33. The van der Waals surface area contributed by atoms with Crippen LogP contribution in [0.4, 0.5) is 0 Å². The Morgan fingerprint density at radius 1 is 0.970 bits per heavy atom. The first kappa shape index (κ1) is 21.1. The average molecular weight is 452 g/mol. The van der Waals surface area contributed by atoms with E-state index in [0.717, 1.165) is 29.6 Å². The molecule has 1 aromatic rings. The highest BCUT2D eigenvalue weighted by atomic mass is 16.5. The molecule has 33 heavy (non-hydrogen) atoms. The van der Waals surface area contributed by atoms with Crippen molar-refractivity contribution in [2.75, 3.05) is 13.1 Å². The molecule has 3 aliphatic carbocycles. The number of carbonyl (C=O) groups excluding carboxylic acids is 3. The van der Waals surface area contributed by atoms with Gasteiger partial charge in [-0.05, 0) is 87.0 Å². The lowest BCUT2D eigenvalue weighted by molar-refractivity contribution is -0.136. The van der Waals surface area contributed by atoms with E-state index >= 15 is 0 Å². The monoisotopic (exact) mass is 451 g/mol. The molecule has 0 radical (unpaired) electrons. The summed E-state index contributed by atoms with van der Waals surface area (Å²) in [4.78, 5) is 41.1. The van der Waals surface area contributed by atoms with Crippen LogP contribution in [0.3, 0.4) is 0 Å². The molecule has 1 aromatic carbocycles. The summed E-state index contributed by atoms with van der Waals surface area (Å²) in [6, 6.07) is 5.65. The maximum Gasteiger partial charge on any atom is 0.255 e. The number of imide groups is 1. The van der Waals surface area contributed by atoms with Gasteiger partial charge in [-0.2, -0.15) is 0 Å². The van der Waals surface area contributed by atoms with Crippen molar-refractivity contribution < 1.29 is 19.1 Å². The Labute approximate surface area is 194 Å². The Hall–Kier alpha value is -2.41. The van der Waals surface area contributed by atoms with Crippen LogP contribution in [-0.4, -0.2) is 58.8 Å². The van der Waals surface area contributed by atoms with Gasteiger partial charge in [0.15, 0.2) is 0 Å². The first-order chi connectivity index (χ1) is 16.0. The zero-order valence-electron chi connectivity index (χ0n) is 19.1. The summed E-state index contributed by atoms with van der Waals surface area (Å²) in [5, 5.41) is 2.36. The molecule has 6 rings (SSSR count). The summed E-state index contributed by atoms with van der Waals surface area (Å²) in [5.74, 6) is 1.82. The number of amides is 3. The van der Waals surface area contributed by atoms with E-state index in [2.05, 4.69) is 10.2 Å². The van der Waals surface area contributed by atoms with Crippen molar-refractivity contribution in [1.29, 1.82) is 0 Å². The number of carbonyl (C=O) groups is 3. The highest BCUT2D eigenvalue weighted by Gasteiger charge is 2.41. The first-order valence-electron chi connectivity index (χ1n) is 12.7. The lowest BCUT2D eigenvalue weighted by atomic mass is 10.0. The lowest BCUT2D eigenvalue weighted by Crippen LogP contribution is -2.52. The largest absolute Gasteiger partial charge is 0.489 e. The number of nitrogens with one attached hydrogen (secondary N) is 1. The molecule has 7 heteroatoms. The van der Waals surface area contributed by atoms with Gasteiger partial charge in [0.1, 0.15) is 17.9 Å². The third-order valence-corrected chi connectivity index (χ3v) is 8.05. The van der Waals surface area contributed by atoms with Gasteiger partial charge in [-0.15, -0.1) is 0 Å². The van der Waals surface area contributed by atoms with Crippen molar-refractivity contribution in [2.45, 2.75) is 82.5 Å². The van der Waals surface area contributed by atoms with Gasteiger partial charge in [0.05, 0.1) is 0 Å². The van der Waals surface area contributed by atoms with Crippen molar-refractivity contribution >= 4 is 17.7 Å². The summed E-state index contributed by atoms with van der Waals surface area (Å²) in [5.41, 5.74) is 1.55. The number of hydrogen-bond acceptors (Lipinski definition) is 5. The quantitative estimate of drug-likeness (QED) is 0.615. The maximum atomic E-state index is 13.0. The van der Waals surface area contributed by atoms with Crippen molar-refractivity contribution in [3.05, 3.63) is 29.3 Å². The van der Waals surface area contributed by atoms with Crippen molar-refractivity contribution in [2.24, 2.45) is 11.8 Å². The number of nitrogens with zero attached hydrogens (tertiary/aromatic N) is 2. The highest BCUT2D eigenvalue weighted by molar-refractivity contribution is 6.05. The number of piperidine rings is 1. The number of hydrogen-bond donors (Lipinski definition) is 1. The molecular weight excluding hydrogens is 418 g/mol. The fourth-order valence-corrected chi connectivity index (χ4v) is 5.87. The second kappa shape index (κ2) is 8.42. The number of benzene rings is 1. The minimum atomic E-state index is -0.579. The van der Waals surface area contributed by atoms with Gasteiger partial charge >= 0.3 is 0 Å². The minimum Gasteiger partial charge on any atom is -0.489 e. The van der Waals surface area contributed by atoms with Crippen LogP contribution in [0.2, 0.25) is 0 Å². The Kier molecular flexibility index (Phi) is 5.40. The van der Waals surface area contributed by atoms with E-state index < -0.39 is 6.04 Å². The summed E-state index contributed by atoms with van der Waals surface area (Å²) < 4.78 is 6.55. The van der Waals surface area contributed by atoms with Crippen LogP contribution in [-0.2, 0) is 16.1 Å². The van der Waals surface area contributed by atoms with Crippen LogP contribution in [0.1, 0.15) is 73.7 Å². The third-order valence-electron chi connectivity index (χ3n) is 8.05. The Bertz CT molecular complexity index is 956. The molecule has 4 fully saturated rings. The molecule has 0 aromatic heterocycles. The van der Waals surface area contributed by atoms with E-state index in [9.17, 15) is 14.4 Å².